The minimum absolute atomic E-state index is 0.0248. The van der Waals surface area contributed by atoms with E-state index in [0.717, 1.165) is 5.56 Å². The van der Waals surface area contributed by atoms with Crippen molar-refractivity contribution in [1.29, 1.82) is 0 Å². The second kappa shape index (κ2) is 15.8. The number of carbonyl (C=O) groups excluding carboxylic acids is 3. The van der Waals surface area contributed by atoms with E-state index in [2.05, 4.69) is 16.0 Å². The van der Waals surface area contributed by atoms with Gasteiger partial charge in [-0.3, -0.25) is 19.2 Å². The van der Waals surface area contributed by atoms with Gasteiger partial charge in [-0.15, -0.1) is 0 Å². The number of nitrogens with one attached hydrogen (secondary N) is 3. The SMILES string of the molecule is CSCCC(NC(=O)C(CC(C)C)NC(=O)C(N)Cc1ccccc1)C(=O)NC(CC(=O)O)C(=O)O. The topological polar surface area (TPSA) is 188 Å². The van der Waals surface area contributed by atoms with E-state index in [1.807, 2.05) is 44.2 Å². The van der Waals surface area contributed by atoms with Crippen LogP contribution >= 0.6 is 11.8 Å². The molecule has 0 bridgehead atoms. The standard InChI is InChI=1S/C24H36N4O7S/c1-14(2)11-18(27-21(31)16(25)12-15-7-5-4-6-8-15)23(33)26-17(9-10-36-3)22(32)28-19(24(34)35)13-20(29)30/h4-8,14,16-19H,9-13,25H2,1-3H3,(H,26,33)(H,27,31)(H,28,32)(H,29,30)(H,34,35). The number of thioether (sulfide) groups is 1. The number of nitrogens with two attached hydrogens (primary N) is 1. The Morgan fingerprint density at radius 1 is 0.889 bits per heavy atom. The molecule has 0 radical (unpaired) electrons. The van der Waals surface area contributed by atoms with E-state index in [-0.39, 0.29) is 25.2 Å². The van der Waals surface area contributed by atoms with Crippen molar-refractivity contribution in [2.24, 2.45) is 11.7 Å². The first-order chi connectivity index (χ1) is 16.9. The summed E-state index contributed by atoms with van der Waals surface area (Å²) in [6.45, 7) is 3.75. The Hall–Kier alpha value is -3.12. The summed E-state index contributed by atoms with van der Waals surface area (Å²) in [7, 11) is 0. The van der Waals surface area contributed by atoms with Crippen LogP contribution in [0, 0.1) is 5.92 Å². The summed E-state index contributed by atoms with van der Waals surface area (Å²) < 4.78 is 0. The van der Waals surface area contributed by atoms with E-state index in [4.69, 9.17) is 10.8 Å². The molecule has 1 aromatic carbocycles. The van der Waals surface area contributed by atoms with Gasteiger partial charge in [0.15, 0.2) is 0 Å². The van der Waals surface area contributed by atoms with Crippen LogP contribution in [-0.4, -0.2) is 76.0 Å². The molecule has 3 amide bonds. The predicted molar refractivity (Wildman–Crippen MR) is 136 cm³/mol. The van der Waals surface area contributed by atoms with Gasteiger partial charge < -0.3 is 31.9 Å². The second-order valence-corrected chi connectivity index (χ2v) is 9.81. The van der Waals surface area contributed by atoms with Crippen molar-refractivity contribution >= 4 is 41.4 Å². The monoisotopic (exact) mass is 524 g/mol. The zero-order chi connectivity index (χ0) is 27.3. The quantitative estimate of drug-likeness (QED) is 0.177. The van der Waals surface area contributed by atoms with Crippen molar-refractivity contribution in [3.63, 3.8) is 0 Å². The van der Waals surface area contributed by atoms with Gasteiger partial charge >= 0.3 is 11.9 Å². The van der Waals surface area contributed by atoms with Crippen LogP contribution in [0.5, 0.6) is 0 Å². The van der Waals surface area contributed by atoms with Crippen LogP contribution in [0.25, 0.3) is 0 Å². The van der Waals surface area contributed by atoms with Crippen LogP contribution < -0.4 is 21.7 Å². The Labute approximate surface area is 215 Å². The van der Waals surface area contributed by atoms with Crippen molar-refractivity contribution in [2.75, 3.05) is 12.0 Å². The fourth-order valence-electron chi connectivity index (χ4n) is 3.37. The average molecular weight is 525 g/mol. The smallest absolute Gasteiger partial charge is 0.326 e. The number of benzene rings is 1. The van der Waals surface area contributed by atoms with Crippen LogP contribution in [0.15, 0.2) is 30.3 Å². The number of carbonyl (C=O) groups is 5. The van der Waals surface area contributed by atoms with Gasteiger partial charge in [-0.2, -0.15) is 11.8 Å². The van der Waals surface area contributed by atoms with E-state index in [1.54, 1.807) is 6.26 Å². The van der Waals surface area contributed by atoms with Crippen molar-refractivity contribution < 1.29 is 34.2 Å². The van der Waals surface area contributed by atoms with Crippen molar-refractivity contribution in [3.8, 4) is 0 Å². The second-order valence-electron chi connectivity index (χ2n) is 8.83. The molecule has 0 aromatic heterocycles. The van der Waals surface area contributed by atoms with E-state index in [0.29, 0.717) is 5.75 Å². The van der Waals surface area contributed by atoms with Gasteiger partial charge in [-0.25, -0.2) is 4.79 Å². The fraction of sp³-hybridized carbons (Fsp3) is 0.542. The summed E-state index contributed by atoms with van der Waals surface area (Å²) in [5.41, 5.74) is 6.92. The van der Waals surface area contributed by atoms with E-state index < -0.39 is 60.2 Å². The number of hydrogen-bond donors (Lipinski definition) is 6. The van der Waals surface area contributed by atoms with Crippen LogP contribution in [0.3, 0.4) is 0 Å². The molecule has 0 saturated carbocycles. The Morgan fingerprint density at radius 2 is 1.44 bits per heavy atom. The van der Waals surface area contributed by atoms with Gasteiger partial charge in [0.25, 0.3) is 0 Å². The van der Waals surface area contributed by atoms with Gasteiger partial charge in [0.1, 0.15) is 18.1 Å². The van der Waals surface area contributed by atoms with Crippen LogP contribution in [-0.2, 0) is 30.4 Å². The van der Waals surface area contributed by atoms with E-state index in [9.17, 15) is 29.1 Å². The number of amides is 3. The summed E-state index contributed by atoms with van der Waals surface area (Å²) in [6, 6.07) is 4.57. The first kappa shape index (κ1) is 30.9. The summed E-state index contributed by atoms with van der Waals surface area (Å²) in [6.07, 6.45) is 1.73. The molecule has 200 valence electrons. The van der Waals surface area contributed by atoms with Gasteiger partial charge in [-0.1, -0.05) is 44.2 Å². The number of rotatable bonds is 16. The first-order valence-corrected chi connectivity index (χ1v) is 13.0. The molecule has 0 saturated heterocycles. The molecule has 0 spiro atoms. The van der Waals surface area contributed by atoms with Crippen LogP contribution in [0.1, 0.15) is 38.7 Å². The zero-order valence-corrected chi connectivity index (χ0v) is 21.5. The van der Waals surface area contributed by atoms with Crippen LogP contribution in [0.4, 0.5) is 0 Å². The molecule has 0 aliphatic rings. The molecule has 0 aliphatic carbocycles. The zero-order valence-electron chi connectivity index (χ0n) is 20.7. The Kier molecular flexibility index (Phi) is 13.6. The normalized spacial score (nSPS) is 14.2. The van der Waals surface area contributed by atoms with E-state index in [1.165, 1.54) is 11.8 Å². The third-order valence-electron chi connectivity index (χ3n) is 5.21. The largest absolute Gasteiger partial charge is 0.481 e. The highest BCUT2D eigenvalue weighted by molar-refractivity contribution is 7.98. The van der Waals surface area contributed by atoms with E-state index >= 15 is 0 Å². The molecular formula is C24H36N4O7S. The molecule has 4 unspecified atom stereocenters. The van der Waals surface area contributed by atoms with Gasteiger partial charge in [0.2, 0.25) is 17.7 Å². The highest BCUT2D eigenvalue weighted by atomic mass is 32.2. The van der Waals surface area contributed by atoms with Gasteiger partial charge in [-0.05, 0) is 42.8 Å². The first-order valence-electron chi connectivity index (χ1n) is 11.6. The lowest BCUT2D eigenvalue weighted by molar-refractivity contribution is -0.147. The highest BCUT2D eigenvalue weighted by Crippen LogP contribution is 2.09. The number of hydrogen-bond acceptors (Lipinski definition) is 7. The van der Waals surface area contributed by atoms with Crippen molar-refractivity contribution in [3.05, 3.63) is 35.9 Å². The lowest BCUT2D eigenvalue weighted by atomic mass is 10.0. The molecular weight excluding hydrogens is 488 g/mol. The molecule has 0 heterocycles. The maximum atomic E-state index is 13.1. The Morgan fingerprint density at radius 3 is 1.97 bits per heavy atom. The average Bonchev–Trinajstić information content (AvgIpc) is 2.80. The lowest BCUT2D eigenvalue weighted by Gasteiger charge is -2.26. The third kappa shape index (κ3) is 11.5. The lowest BCUT2D eigenvalue weighted by Crippen LogP contribution is -2.57. The van der Waals surface area contributed by atoms with Crippen LogP contribution in [0.2, 0.25) is 0 Å². The third-order valence-corrected chi connectivity index (χ3v) is 5.86. The summed E-state index contributed by atoms with van der Waals surface area (Å²) in [5.74, 6) is -4.35. The molecule has 7 N–H and O–H groups in total. The molecule has 36 heavy (non-hydrogen) atoms. The molecule has 0 aliphatic heterocycles. The molecule has 11 nitrogen and oxygen atoms in total. The minimum atomic E-state index is -1.65. The molecule has 0 fully saturated rings. The minimum Gasteiger partial charge on any atom is -0.481 e. The molecule has 1 rings (SSSR count). The molecule has 12 heteroatoms. The van der Waals surface area contributed by atoms with Gasteiger partial charge in [0.05, 0.1) is 12.5 Å². The molecule has 1 aromatic rings. The summed E-state index contributed by atoms with van der Waals surface area (Å²) in [5, 5.41) is 25.6. The summed E-state index contributed by atoms with van der Waals surface area (Å²) in [4.78, 5) is 60.9. The Balaban J connectivity index is 2.94. The number of aliphatic carboxylic acids is 2. The Bertz CT molecular complexity index is 898. The highest BCUT2D eigenvalue weighted by Gasteiger charge is 2.31. The maximum Gasteiger partial charge on any atom is 0.326 e. The number of carboxylic acid groups (broad SMARTS) is 2. The van der Waals surface area contributed by atoms with Crippen molar-refractivity contribution in [1.82, 2.24) is 16.0 Å². The molecule has 4 atom stereocenters. The number of carboxylic acids is 2. The maximum absolute atomic E-state index is 13.1. The van der Waals surface area contributed by atoms with Gasteiger partial charge in [0, 0.05) is 0 Å². The van der Waals surface area contributed by atoms with Crippen molar-refractivity contribution in [2.45, 2.75) is 63.7 Å². The fourth-order valence-corrected chi connectivity index (χ4v) is 3.84. The predicted octanol–water partition coefficient (Wildman–Crippen LogP) is 0.369. The summed E-state index contributed by atoms with van der Waals surface area (Å²) >= 11 is 1.42.